The maximum Gasteiger partial charge on any atom is 0.269 e. The predicted molar refractivity (Wildman–Crippen MR) is 95.0 cm³/mol. The Kier molecular flexibility index (Phi) is 4.20. The molecular weight excluding hydrogens is 340 g/mol. The molecule has 0 N–H and O–H groups in total. The van der Waals surface area contributed by atoms with Crippen molar-refractivity contribution in [3.8, 4) is 0 Å². The van der Waals surface area contributed by atoms with Gasteiger partial charge in [0.2, 0.25) is 5.91 Å². The number of nitro groups is 1. The van der Waals surface area contributed by atoms with E-state index in [1.54, 1.807) is 23.2 Å². The zero-order valence-electron chi connectivity index (χ0n) is 13.6. The van der Waals surface area contributed by atoms with Crippen molar-refractivity contribution in [1.29, 1.82) is 0 Å². The quantitative estimate of drug-likeness (QED) is 0.466. The third kappa shape index (κ3) is 3.26. The zero-order valence-corrected chi connectivity index (χ0v) is 14.4. The van der Waals surface area contributed by atoms with Crippen molar-refractivity contribution < 1.29 is 9.72 Å². The topological polar surface area (TPSA) is 81.3 Å². The first-order chi connectivity index (χ1) is 12.1. The van der Waals surface area contributed by atoms with Gasteiger partial charge in [0.1, 0.15) is 0 Å². The molecular formula is C17H18N4O3S. The first-order valence-corrected chi connectivity index (χ1v) is 9.35. The minimum absolute atomic E-state index is 0.0187. The Balaban J connectivity index is 1.48. The van der Waals surface area contributed by atoms with Gasteiger partial charge in [-0.15, -0.1) is 0 Å². The molecule has 0 atom stereocenters. The van der Waals surface area contributed by atoms with Crippen LogP contribution in [0.3, 0.4) is 0 Å². The molecule has 2 aliphatic rings. The standard InChI is InChI=1S/C17H18N4O3S/c22-16(11-25-17-18-7-9-19(17)13-3-4-13)20-8-1-2-12-10-14(21(23)24)5-6-15(12)20/h5-7,9-10,13H,1-4,8,11H2. The summed E-state index contributed by atoms with van der Waals surface area (Å²) < 4.78 is 2.14. The molecule has 4 rings (SSSR count). The van der Waals surface area contributed by atoms with E-state index in [-0.39, 0.29) is 11.6 Å². The van der Waals surface area contributed by atoms with E-state index in [2.05, 4.69) is 9.55 Å². The van der Waals surface area contributed by atoms with Crippen LogP contribution in [0.2, 0.25) is 0 Å². The maximum atomic E-state index is 12.7. The highest BCUT2D eigenvalue weighted by atomic mass is 32.2. The second kappa shape index (κ2) is 6.51. The fraction of sp³-hybridized carbons (Fsp3) is 0.412. The van der Waals surface area contributed by atoms with E-state index in [4.69, 9.17) is 0 Å². The number of hydrogen-bond donors (Lipinski definition) is 0. The van der Waals surface area contributed by atoms with E-state index in [9.17, 15) is 14.9 Å². The number of amides is 1. The Morgan fingerprint density at radius 3 is 3.00 bits per heavy atom. The van der Waals surface area contributed by atoms with Gasteiger partial charge in [-0.2, -0.15) is 0 Å². The number of benzene rings is 1. The number of nitro benzene ring substituents is 1. The highest BCUT2D eigenvalue weighted by Crippen LogP contribution is 2.38. The van der Waals surface area contributed by atoms with Crippen LogP contribution in [0.4, 0.5) is 11.4 Å². The summed E-state index contributed by atoms with van der Waals surface area (Å²) in [5.74, 6) is 0.338. The molecule has 1 aromatic heterocycles. The number of anilines is 1. The average Bonchev–Trinajstić information content (AvgIpc) is 3.36. The lowest BCUT2D eigenvalue weighted by Crippen LogP contribution is -2.36. The van der Waals surface area contributed by atoms with Crippen molar-refractivity contribution in [2.45, 2.75) is 36.9 Å². The Bertz CT molecular complexity index is 831. The van der Waals surface area contributed by atoms with Crippen molar-refractivity contribution in [3.05, 3.63) is 46.3 Å². The monoisotopic (exact) mass is 358 g/mol. The molecule has 0 radical (unpaired) electrons. The average molecular weight is 358 g/mol. The Labute approximate surface area is 149 Å². The van der Waals surface area contributed by atoms with E-state index in [0.717, 1.165) is 29.2 Å². The summed E-state index contributed by atoms with van der Waals surface area (Å²) in [6, 6.07) is 5.29. The number of thioether (sulfide) groups is 1. The SMILES string of the molecule is O=C(CSc1nccn1C1CC1)N1CCCc2cc([N+](=O)[O-])ccc21. The van der Waals surface area contributed by atoms with Crippen molar-refractivity contribution in [2.24, 2.45) is 0 Å². The van der Waals surface area contributed by atoms with Crippen LogP contribution in [0.25, 0.3) is 0 Å². The molecule has 1 aliphatic carbocycles. The molecule has 1 fully saturated rings. The molecule has 0 spiro atoms. The van der Waals surface area contributed by atoms with Gasteiger partial charge in [0.05, 0.1) is 10.7 Å². The van der Waals surface area contributed by atoms with Crippen LogP contribution < -0.4 is 4.90 Å². The number of fused-ring (bicyclic) bond motifs is 1. The number of non-ortho nitro benzene ring substituents is 1. The fourth-order valence-corrected chi connectivity index (χ4v) is 4.10. The largest absolute Gasteiger partial charge is 0.323 e. The zero-order chi connectivity index (χ0) is 17.4. The minimum atomic E-state index is -0.394. The number of carbonyl (C=O) groups excluding carboxylic acids is 1. The van der Waals surface area contributed by atoms with Gasteiger partial charge in [-0.25, -0.2) is 4.98 Å². The van der Waals surface area contributed by atoms with Crippen molar-refractivity contribution in [3.63, 3.8) is 0 Å². The van der Waals surface area contributed by atoms with Crippen LogP contribution >= 0.6 is 11.8 Å². The van der Waals surface area contributed by atoms with Gasteiger partial charge in [-0.1, -0.05) is 11.8 Å². The fourth-order valence-electron chi connectivity index (χ4n) is 3.20. The Morgan fingerprint density at radius 2 is 2.24 bits per heavy atom. The van der Waals surface area contributed by atoms with Gasteiger partial charge in [0, 0.05) is 42.8 Å². The summed E-state index contributed by atoms with van der Waals surface area (Å²) in [5, 5.41) is 11.8. The van der Waals surface area contributed by atoms with Crippen LogP contribution in [-0.2, 0) is 11.2 Å². The smallest absolute Gasteiger partial charge is 0.269 e. The molecule has 1 aliphatic heterocycles. The molecule has 25 heavy (non-hydrogen) atoms. The highest BCUT2D eigenvalue weighted by Gasteiger charge is 2.27. The summed E-state index contributed by atoms with van der Waals surface area (Å²) in [4.78, 5) is 29.4. The number of aromatic nitrogens is 2. The second-order valence-corrected chi connectivity index (χ2v) is 7.30. The Morgan fingerprint density at radius 1 is 1.40 bits per heavy atom. The van der Waals surface area contributed by atoms with Crippen LogP contribution in [0.1, 0.15) is 30.9 Å². The van der Waals surface area contributed by atoms with Crippen molar-refractivity contribution >= 4 is 29.0 Å². The molecule has 2 heterocycles. The molecule has 0 bridgehead atoms. The van der Waals surface area contributed by atoms with Crippen LogP contribution in [-0.4, -0.2) is 32.7 Å². The number of carbonyl (C=O) groups is 1. The van der Waals surface area contributed by atoms with Gasteiger partial charge >= 0.3 is 0 Å². The Hall–Kier alpha value is -2.35. The highest BCUT2D eigenvalue weighted by molar-refractivity contribution is 7.99. The predicted octanol–water partition coefficient (Wildman–Crippen LogP) is 3.20. The number of imidazole rings is 1. The van der Waals surface area contributed by atoms with Gasteiger partial charge in [0.15, 0.2) is 5.16 Å². The number of nitrogens with zero attached hydrogens (tertiary/aromatic N) is 4. The van der Waals surface area contributed by atoms with Crippen molar-refractivity contribution in [1.82, 2.24) is 9.55 Å². The number of hydrogen-bond acceptors (Lipinski definition) is 5. The molecule has 130 valence electrons. The maximum absolute atomic E-state index is 12.7. The molecule has 0 unspecified atom stereocenters. The molecule has 1 saturated carbocycles. The summed E-state index contributed by atoms with van der Waals surface area (Å²) in [6.45, 7) is 0.654. The lowest BCUT2D eigenvalue weighted by Gasteiger charge is -2.29. The van der Waals surface area contributed by atoms with Crippen molar-refractivity contribution in [2.75, 3.05) is 17.2 Å². The second-order valence-electron chi connectivity index (χ2n) is 6.36. The van der Waals surface area contributed by atoms with Gasteiger partial charge in [0.25, 0.3) is 5.69 Å². The van der Waals surface area contributed by atoms with E-state index in [1.165, 1.54) is 30.7 Å². The molecule has 2 aromatic rings. The summed E-state index contributed by atoms with van der Waals surface area (Å²) in [7, 11) is 0. The number of rotatable bonds is 5. The third-order valence-corrected chi connectivity index (χ3v) is 5.56. The van der Waals surface area contributed by atoms with E-state index < -0.39 is 4.92 Å². The van der Waals surface area contributed by atoms with E-state index in [0.29, 0.717) is 18.3 Å². The van der Waals surface area contributed by atoms with Crippen LogP contribution in [0, 0.1) is 10.1 Å². The molecule has 0 saturated heterocycles. The summed E-state index contributed by atoms with van der Waals surface area (Å²) in [5.41, 5.74) is 1.75. The molecule has 1 aromatic carbocycles. The van der Waals surface area contributed by atoms with Crippen LogP contribution in [0.5, 0.6) is 0 Å². The van der Waals surface area contributed by atoms with Gasteiger partial charge in [-0.3, -0.25) is 14.9 Å². The minimum Gasteiger partial charge on any atom is -0.323 e. The van der Waals surface area contributed by atoms with E-state index in [1.807, 2.05) is 6.20 Å². The lowest BCUT2D eigenvalue weighted by molar-refractivity contribution is -0.384. The summed E-state index contributed by atoms with van der Waals surface area (Å²) >= 11 is 1.46. The first kappa shape index (κ1) is 16.1. The van der Waals surface area contributed by atoms with E-state index >= 15 is 0 Å². The van der Waals surface area contributed by atoms with Crippen LogP contribution in [0.15, 0.2) is 35.7 Å². The lowest BCUT2D eigenvalue weighted by atomic mass is 10.0. The molecule has 8 heteroatoms. The number of aryl methyl sites for hydroxylation is 1. The normalized spacial score (nSPS) is 16.6. The third-order valence-electron chi connectivity index (χ3n) is 4.59. The molecule has 7 nitrogen and oxygen atoms in total. The molecule has 1 amide bonds. The first-order valence-electron chi connectivity index (χ1n) is 8.37. The van der Waals surface area contributed by atoms with Gasteiger partial charge in [-0.05, 0) is 37.3 Å². The summed E-state index contributed by atoms with van der Waals surface area (Å²) in [6.07, 6.45) is 7.69. The van der Waals surface area contributed by atoms with Gasteiger partial charge < -0.3 is 9.47 Å².